The number of hydrogen-bond donors (Lipinski definition) is 1. The first-order valence-electron chi connectivity index (χ1n) is 4.96. The van der Waals surface area contributed by atoms with Crippen LogP contribution < -0.4 is 10.2 Å². The highest BCUT2D eigenvalue weighted by Crippen LogP contribution is 2.18. The minimum Gasteiger partial charge on any atom is -0.369 e. The molecule has 3 nitrogen and oxygen atoms in total. The Balaban J connectivity index is 0.00000128. The molecule has 16 heavy (non-hydrogen) atoms. The highest BCUT2D eigenvalue weighted by atomic mass is 35.5. The molecule has 1 heterocycles. The van der Waals surface area contributed by atoms with Gasteiger partial charge in [-0.05, 0) is 18.2 Å². The standard InChI is InChI=1S/C11H12FN3.ClH/c12-11-7-10(2-1-9(11)8-13)15-5-3-14-4-6-15;/h1-2,7,14H,3-6H2;1H. The van der Waals surface area contributed by atoms with Crippen molar-refractivity contribution in [1.82, 2.24) is 5.32 Å². The van der Waals surface area contributed by atoms with E-state index in [0.717, 1.165) is 31.9 Å². The van der Waals surface area contributed by atoms with Gasteiger partial charge in [-0.25, -0.2) is 4.39 Å². The maximum atomic E-state index is 13.3. The Morgan fingerprint density at radius 1 is 1.31 bits per heavy atom. The van der Waals surface area contributed by atoms with Gasteiger partial charge in [0.25, 0.3) is 0 Å². The summed E-state index contributed by atoms with van der Waals surface area (Å²) in [6, 6.07) is 6.59. The molecular formula is C11H13ClFN3. The van der Waals surface area contributed by atoms with Crippen LogP contribution in [0.4, 0.5) is 10.1 Å². The lowest BCUT2D eigenvalue weighted by atomic mass is 10.2. The summed E-state index contributed by atoms with van der Waals surface area (Å²) >= 11 is 0. The number of nitrogens with one attached hydrogen (secondary N) is 1. The maximum Gasteiger partial charge on any atom is 0.143 e. The largest absolute Gasteiger partial charge is 0.369 e. The topological polar surface area (TPSA) is 39.1 Å². The van der Waals surface area contributed by atoms with Crippen molar-refractivity contribution < 1.29 is 4.39 Å². The fourth-order valence-corrected chi connectivity index (χ4v) is 1.71. The first-order valence-corrected chi connectivity index (χ1v) is 4.96. The zero-order chi connectivity index (χ0) is 10.7. The van der Waals surface area contributed by atoms with Gasteiger partial charge in [-0.2, -0.15) is 5.26 Å². The molecule has 0 radical (unpaired) electrons. The van der Waals surface area contributed by atoms with E-state index < -0.39 is 5.82 Å². The summed E-state index contributed by atoms with van der Waals surface area (Å²) in [6.07, 6.45) is 0. The van der Waals surface area contributed by atoms with E-state index in [4.69, 9.17) is 5.26 Å². The molecule has 2 rings (SSSR count). The van der Waals surface area contributed by atoms with Gasteiger partial charge in [-0.1, -0.05) is 0 Å². The normalized spacial score (nSPS) is 15.1. The Labute approximate surface area is 100 Å². The molecule has 1 aromatic carbocycles. The van der Waals surface area contributed by atoms with E-state index in [9.17, 15) is 4.39 Å². The Morgan fingerprint density at radius 2 is 2.00 bits per heavy atom. The summed E-state index contributed by atoms with van der Waals surface area (Å²) in [7, 11) is 0. The van der Waals surface area contributed by atoms with E-state index in [2.05, 4.69) is 10.2 Å². The molecule has 5 heteroatoms. The minimum absolute atomic E-state index is 0. The van der Waals surface area contributed by atoms with Crippen LogP contribution in [0.3, 0.4) is 0 Å². The number of hydrogen-bond acceptors (Lipinski definition) is 3. The Kier molecular flexibility index (Phi) is 4.53. The maximum absolute atomic E-state index is 13.3. The van der Waals surface area contributed by atoms with Gasteiger partial charge in [0.05, 0.1) is 5.56 Å². The van der Waals surface area contributed by atoms with E-state index in [1.165, 1.54) is 12.1 Å². The van der Waals surface area contributed by atoms with Gasteiger partial charge in [0.15, 0.2) is 0 Å². The molecule has 0 amide bonds. The molecule has 0 aliphatic carbocycles. The summed E-state index contributed by atoms with van der Waals surface area (Å²) in [6.45, 7) is 3.60. The molecule has 1 saturated heterocycles. The minimum atomic E-state index is -0.437. The first-order chi connectivity index (χ1) is 7.31. The van der Waals surface area contributed by atoms with Crippen molar-refractivity contribution >= 4 is 18.1 Å². The third-order valence-electron chi connectivity index (χ3n) is 2.56. The second-order valence-corrected chi connectivity index (χ2v) is 3.51. The van der Waals surface area contributed by atoms with E-state index in [0.29, 0.717) is 0 Å². The van der Waals surface area contributed by atoms with Gasteiger partial charge < -0.3 is 10.2 Å². The van der Waals surface area contributed by atoms with Gasteiger partial charge in [-0.3, -0.25) is 0 Å². The van der Waals surface area contributed by atoms with Crippen LogP contribution in [0.1, 0.15) is 5.56 Å². The monoisotopic (exact) mass is 241 g/mol. The van der Waals surface area contributed by atoms with Gasteiger partial charge in [0, 0.05) is 31.9 Å². The lowest BCUT2D eigenvalue weighted by Gasteiger charge is -2.29. The molecule has 1 aliphatic rings. The number of anilines is 1. The Bertz CT molecular complexity index is 397. The van der Waals surface area contributed by atoms with Crippen LogP contribution in [-0.2, 0) is 0 Å². The average molecular weight is 242 g/mol. The number of nitrogens with zero attached hydrogens (tertiary/aromatic N) is 2. The van der Waals surface area contributed by atoms with Crippen LogP contribution >= 0.6 is 12.4 Å². The predicted molar refractivity (Wildman–Crippen MR) is 63.4 cm³/mol. The summed E-state index contributed by atoms with van der Waals surface area (Å²) < 4.78 is 13.3. The number of rotatable bonds is 1. The van der Waals surface area contributed by atoms with E-state index in [1.807, 2.05) is 6.07 Å². The summed E-state index contributed by atoms with van der Waals surface area (Å²) in [4.78, 5) is 2.11. The summed E-state index contributed by atoms with van der Waals surface area (Å²) in [5, 5.41) is 11.8. The average Bonchev–Trinajstić information content (AvgIpc) is 2.30. The van der Waals surface area contributed by atoms with E-state index in [1.54, 1.807) is 6.07 Å². The molecule has 1 aromatic rings. The fraction of sp³-hybridized carbons (Fsp3) is 0.364. The zero-order valence-electron chi connectivity index (χ0n) is 8.74. The molecule has 1 aliphatic heterocycles. The molecule has 86 valence electrons. The van der Waals surface area contributed by atoms with Crippen molar-refractivity contribution in [2.75, 3.05) is 31.1 Å². The van der Waals surface area contributed by atoms with Crippen molar-refractivity contribution in [1.29, 1.82) is 5.26 Å². The number of halogens is 2. The number of piperazine rings is 1. The molecule has 1 fully saturated rings. The molecule has 0 spiro atoms. The van der Waals surface area contributed by atoms with Crippen LogP contribution in [0.2, 0.25) is 0 Å². The lowest BCUT2D eigenvalue weighted by Crippen LogP contribution is -2.43. The molecule has 0 aromatic heterocycles. The van der Waals surface area contributed by atoms with Crippen LogP contribution in [0, 0.1) is 17.1 Å². The van der Waals surface area contributed by atoms with Crippen molar-refractivity contribution in [3.05, 3.63) is 29.6 Å². The molecule has 0 atom stereocenters. The molecular weight excluding hydrogens is 229 g/mol. The van der Waals surface area contributed by atoms with Crippen molar-refractivity contribution in [2.45, 2.75) is 0 Å². The smallest absolute Gasteiger partial charge is 0.143 e. The predicted octanol–water partition coefficient (Wildman–Crippen LogP) is 1.53. The van der Waals surface area contributed by atoms with Gasteiger partial charge >= 0.3 is 0 Å². The van der Waals surface area contributed by atoms with Crippen molar-refractivity contribution in [3.63, 3.8) is 0 Å². The molecule has 0 saturated carbocycles. The molecule has 0 bridgehead atoms. The fourth-order valence-electron chi connectivity index (χ4n) is 1.71. The van der Waals surface area contributed by atoms with Gasteiger partial charge in [0.2, 0.25) is 0 Å². The molecule has 0 unspecified atom stereocenters. The number of benzene rings is 1. The summed E-state index contributed by atoms with van der Waals surface area (Å²) in [5.74, 6) is -0.437. The van der Waals surface area contributed by atoms with E-state index in [-0.39, 0.29) is 18.0 Å². The lowest BCUT2D eigenvalue weighted by molar-refractivity contribution is 0.584. The quantitative estimate of drug-likeness (QED) is 0.811. The third kappa shape index (κ3) is 2.63. The van der Waals surface area contributed by atoms with Crippen LogP contribution in [0.5, 0.6) is 0 Å². The van der Waals surface area contributed by atoms with E-state index >= 15 is 0 Å². The SMILES string of the molecule is Cl.N#Cc1ccc(N2CCNCC2)cc1F. The van der Waals surface area contributed by atoms with Crippen molar-refractivity contribution in [3.8, 4) is 6.07 Å². The second-order valence-electron chi connectivity index (χ2n) is 3.51. The highest BCUT2D eigenvalue weighted by Gasteiger charge is 2.12. The number of nitriles is 1. The van der Waals surface area contributed by atoms with Gasteiger partial charge in [-0.15, -0.1) is 12.4 Å². The van der Waals surface area contributed by atoms with Gasteiger partial charge in [0.1, 0.15) is 11.9 Å². The highest BCUT2D eigenvalue weighted by molar-refractivity contribution is 5.85. The first kappa shape index (κ1) is 12.8. The second kappa shape index (κ2) is 5.69. The van der Waals surface area contributed by atoms with Crippen LogP contribution in [-0.4, -0.2) is 26.2 Å². The molecule has 1 N–H and O–H groups in total. The Morgan fingerprint density at radius 3 is 2.56 bits per heavy atom. The van der Waals surface area contributed by atoms with Crippen LogP contribution in [0.25, 0.3) is 0 Å². The third-order valence-corrected chi connectivity index (χ3v) is 2.56. The van der Waals surface area contributed by atoms with Crippen molar-refractivity contribution in [2.24, 2.45) is 0 Å². The summed E-state index contributed by atoms with van der Waals surface area (Å²) in [5.41, 5.74) is 0.960. The Hall–Kier alpha value is -1.31. The van der Waals surface area contributed by atoms with Crippen LogP contribution in [0.15, 0.2) is 18.2 Å². The zero-order valence-corrected chi connectivity index (χ0v) is 9.56.